The predicted molar refractivity (Wildman–Crippen MR) is 48.3 cm³/mol. The largest absolute Gasteiger partial charge is 0.490 e. The number of rotatable bonds is 3. The van der Waals surface area contributed by atoms with E-state index in [9.17, 15) is 18.0 Å². The van der Waals surface area contributed by atoms with Gasteiger partial charge in [-0.05, 0) is 18.9 Å². The van der Waals surface area contributed by atoms with E-state index in [2.05, 4.69) is 4.98 Å². The smallest absolute Gasteiger partial charge is 0.422 e. The van der Waals surface area contributed by atoms with Crippen LogP contribution in [0.25, 0.3) is 0 Å². The molecule has 0 amide bonds. The lowest BCUT2D eigenvalue weighted by Crippen LogP contribution is -2.14. The first-order chi connectivity index (χ1) is 7.52. The van der Waals surface area contributed by atoms with E-state index in [1.807, 2.05) is 0 Å². The molecule has 0 aliphatic heterocycles. The highest BCUT2D eigenvalue weighted by atomic mass is 19.4. The van der Waals surface area contributed by atoms with Crippen molar-refractivity contribution in [2.45, 2.75) is 25.1 Å². The molecule has 0 radical (unpaired) electrons. The van der Waals surface area contributed by atoms with Crippen LogP contribution in [0.4, 0.5) is 13.2 Å². The standard InChI is InChI=1S/C10H8F3NO2/c11-10(12,13)9-7(5-15)14-4-3-8(9)16-6-1-2-6/h3-6H,1-2H2. The molecule has 3 nitrogen and oxygen atoms in total. The van der Waals surface area contributed by atoms with Gasteiger partial charge >= 0.3 is 6.18 Å². The SMILES string of the molecule is O=Cc1nccc(OC2CC2)c1C(F)(F)F. The van der Waals surface area contributed by atoms with Crippen LogP contribution in [0.3, 0.4) is 0 Å². The molecule has 1 saturated carbocycles. The minimum Gasteiger partial charge on any atom is -0.490 e. The molecule has 0 atom stereocenters. The number of halogens is 3. The average molecular weight is 231 g/mol. The molecule has 86 valence electrons. The summed E-state index contributed by atoms with van der Waals surface area (Å²) in [6.45, 7) is 0. The molecule has 0 aromatic carbocycles. The van der Waals surface area contributed by atoms with Gasteiger partial charge in [-0.25, -0.2) is 0 Å². The van der Waals surface area contributed by atoms with Gasteiger partial charge in [0.2, 0.25) is 0 Å². The molecule has 1 aromatic rings. The Morgan fingerprint density at radius 2 is 2.12 bits per heavy atom. The van der Waals surface area contributed by atoms with E-state index < -0.39 is 17.4 Å². The summed E-state index contributed by atoms with van der Waals surface area (Å²) in [6.07, 6.45) is -2.08. The lowest BCUT2D eigenvalue weighted by Gasteiger charge is -2.14. The molecular weight excluding hydrogens is 223 g/mol. The van der Waals surface area contributed by atoms with Crippen LogP contribution in [0.5, 0.6) is 5.75 Å². The molecule has 1 aliphatic rings. The summed E-state index contributed by atoms with van der Waals surface area (Å²) in [6, 6.07) is 1.13. The van der Waals surface area contributed by atoms with Gasteiger partial charge in [0, 0.05) is 6.20 Å². The zero-order valence-corrected chi connectivity index (χ0v) is 8.12. The van der Waals surface area contributed by atoms with Gasteiger partial charge in [-0.2, -0.15) is 13.2 Å². The number of aldehydes is 1. The number of alkyl halides is 3. The Morgan fingerprint density at radius 3 is 2.62 bits per heavy atom. The first-order valence-electron chi connectivity index (χ1n) is 4.70. The number of nitrogens with zero attached hydrogens (tertiary/aromatic N) is 1. The Morgan fingerprint density at radius 1 is 1.44 bits per heavy atom. The van der Waals surface area contributed by atoms with Crippen molar-refractivity contribution in [1.82, 2.24) is 4.98 Å². The van der Waals surface area contributed by atoms with Crippen molar-refractivity contribution in [2.75, 3.05) is 0 Å². The molecule has 0 spiro atoms. The second-order valence-electron chi connectivity index (χ2n) is 3.50. The van der Waals surface area contributed by atoms with Crippen LogP contribution >= 0.6 is 0 Å². The van der Waals surface area contributed by atoms with Gasteiger partial charge in [-0.15, -0.1) is 0 Å². The van der Waals surface area contributed by atoms with Crippen LogP contribution in [-0.2, 0) is 6.18 Å². The normalized spacial score (nSPS) is 15.9. The lowest BCUT2D eigenvalue weighted by atomic mass is 10.2. The van der Waals surface area contributed by atoms with E-state index in [1.165, 1.54) is 0 Å². The average Bonchev–Trinajstić information content (AvgIpc) is 2.99. The van der Waals surface area contributed by atoms with Crippen LogP contribution in [0.1, 0.15) is 28.9 Å². The van der Waals surface area contributed by atoms with Crippen LogP contribution in [0.2, 0.25) is 0 Å². The Balaban J connectivity index is 2.44. The van der Waals surface area contributed by atoms with E-state index >= 15 is 0 Å². The van der Waals surface area contributed by atoms with Gasteiger partial charge in [-0.1, -0.05) is 0 Å². The van der Waals surface area contributed by atoms with Gasteiger partial charge in [0.25, 0.3) is 0 Å². The van der Waals surface area contributed by atoms with Crippen molar-refractivity contribution in [1.29, 1.82) is 0 Å². The summed E-state index contributed by atoms with van der Waals surface area (Å²) < 4.78 is 43.2. The first-order valence-corrected chi connectivity index (χ1v) is 4.70. The fourth-order valence-corrected chi connectivity index (χ4v) is 1.30. The Bertz CT molecular complexity index is 413. The quantitative estimate of drug-likeness (QED) is 0.750. The molecule has 0 bridgehead atoms. The Hall–Kier alpha value is -1.59. The molecule has 1 fully saturated rings. The van der Waals surface area contributed by atoms with Crippen LogP contribution in [0.15, 0.2) is 12.3 Å². The van der Waals surface area contributed by atoms with Gasteiger partial charge in [0.15, 0.2) is 6.29 Å². The Labute approximate surface area is 89.2 Å². The maximum absolute atomic E-state index is 12.7. The number of carbonyl (C=O) groups is 1. The van der Waals surface area contributed by atoms with Crippen molar-refractivity contribution in [2.24, 2.45) is 0 Å². The van der Waals surface area contributed by atoms with Crippen molar-refractivity contribution in [3.8, 4) is 5.75 Å². The highest BCUT2D eigenvalue weighted by molar-refractivity contribution is 5.76. The summed E-state index contributed by atoms with van der Waals surface area (Å²) in [5.41, 5.74) is -1.72. The highest BCUT2D eigenvalue weighted by Crippen LogP contribution is 2.39. The van der Waals surface area contributed by atoms with E-state index in [0.717, 1.165) is 25.1 Å². The summed E-state index contributed by atoms with van der Waals surface area (Å²) in [5, 5.41) is 0. The number of hydrogen-bond donors (Lipinski definition) is 0. The number of ether oxygens (including phenoxy) is 1. The zero-order chi connectivity index (χ0) is 11.8. The molecule has 0 unspecified atom stereocenters. The number of pyridine rings is 1. The summed E-state index contributed by atoms with van der Waals surface area (Å²) >= 11 is 0. The second-order valence-corrected chi connectivity index (χ2v) is 3.50. The minimum absolute atomic E-state index is 0.0859. The molecule has 2 rings (SSSR count). The van der Waals surface area contributed by atoms with Crippen molar-refractivity contribution in [3.05, 3.63) is 23.5 Å². The fraction of sp³-hybridized carbons (Fsp3) is 0.400. The topological polar surface area (TPSA) is 39.2 Å². The van der Waals surface area contributed by atoms with Gasteiger partial charge < -0.3 is 4.74 Å². The minimum atomic E-state index is -4.63. The molecule has 1 aliphatic carbocycles. The maximum Gasteiger partial charge on any atom is 0.422 e. The highest BCUT2D eigenvalue weighted by Gasteiger charge is 2.39. The molecule has 6 heteroatoms. The van der Waals surface area contributed by atoms with Gasteiger partial charge in [-0.3, -0.25) is 9.78 Å². The third-order valence-corrected chi connectivity index (χ3v) is 2.16. The van der Waals surface area contributed by atoms with Crippen molar-refractivity contribution < 1.29 is 22.7 Å². The Kier molecular flexibility index (Phi) is 2.57. The van der Waals surface area contributed by atoms with Crippen LogP contribution in [-0.4, -0.2) is 17.4 Å². The van der Waals surface area contributed by atoms with Gasteiger partial charge in [0.1, 0.15) is 17.0 Å². The summed E-state index contributed by atoms with van der Waals surface area (Å²) in [5.74, 6) is -0.313. The molecule has 1 aromatic heterocycles. The monoisotopic (exact) mass is 231 g/mol. The van der Waals surface area contributed by atoms with E-state index in [1.54, 1.807) is 0 Å². The third-order valence-electron chi connectivity index (χ3n) is 2.16. The van der Waals surface area contributed by atoms with Gasteiger partial charge in [0.05, 0.1) is 6.10 Å². The zero-order valence-electron chi connectivity index (χ0n) is 8.12. The van der Waals surface area contributed by atoms with Crippen LogP contribution in [0, 0.1) is 0 Å². The lowest BCUT2D eigenvalue weighted by molar-refractivity contribution is -0.139. The molecule has 0 saturated heterocycles. The molecule has 16 heavy (non-hydrogen) atoms. The van der Waals surface area contributed by atoms with E-state index in [0.29, 0.717) is 0 Å². The summed E-state index contributed by atoms with van der Waals surface area (Å²) in [7, 11) is 0. The predicted octanol–water partition coefficient (Wildman–Crippen LogP) is 2.45. The third kappa shape index (κ3) is 2.15. The molecular formula is C10H8F3NO2. The first kappa shape index (κ1) is 10.9. The van der Waals surface area contributed by atoms with Crippen LogP contribution < -0.4 is 4.74 Å². The van der Waals surface area contributed by atoms with Crippen molar-refractivity contribution >= 4 is 6.29 Å². The molecule has 0 N–H and O–H groups in total. The number of aromatic nitrogens is 1. The second kappa shape index (κ2) is 3.77. The fourth-order valence-electron chi connectivity index (χ4n) is 1.30. The molecule has 1 heterocycles. The maximum atomic E-state index is 12.7. The number of carbonyl (C=O) groups excluding carboxylic acids is 1. The van der Waals surface area contributed by atoms with E-state index in [-0.39, 0.29) is 18.1 Å². The van der Waals surface area contributed by atoms with Crippen molar-refractivity contribution in [3.63, 3.8) is 0 Å². The van der Waals surface area contributed by atoms with E-state index in [4.69, 9.17) is 4.74 Å². The number of hydrogen-bond acceptors (Lipinski definition) is 3. The summed E-state index contributed by atoms with van der Waals surface area (Å²) in [4.78, 5) is 13.9.